The molecule has 0 fully saturated rings. The maximum Gasteiger partial charge on any atom is 0.135 e. The first-order chi connectivity index (χ1) is 35.9. The number of furan rings is 1. The second-order valence-electron chi connectivity index (χ2n) is 20.7. The van der Waals surface area contributed by atoms with E-state index in [2.05, 4.69) is 260 Å². The van der Waals surface area contributed by atoms with Crippen LogP contribution in [-0.4, -0.2) is 15.4 Å². The number of fused-ring (bicyclic) bond motifs is 9. The molecule has 0 atom stereocenters. The van der Waals surface area contributed by atoms with Crippen LogP contribution in [0.4, 0.5) is 0 Å². The number of para-hydroxylation sites is 1. The van der Waals surface area contributed by atoms with Gasteiger partial charge in [0.05, 0.1) is 22.1 Å². The van der Waals surface area contributed by atoms with Crippen molar-refractivity contribution in [2.24, 2.45) is 0 Å². The van der Waals surface area contributed by atoms with Gasteiger partial charge in [-0.1, -0.05) is 102 Å². The van der Waals surface area contributed by atoms with Crippen LogP contribution in [0.15, 0.2) is 180 Å². The fourth-order valence-electron chi connectivity index (χ4n) is 12.8. The summed E-state index contributed by atoms with van der Waals surface area (Å²) in [5.41, 5.74) is 30.4. The van der Waals surface area contributed by atoms with Crippen LogP contribution in [0.1, 0.15) is 50.1 Å². The molecule has 3 aromatic heterocycles. The Morgan fingerprint density at radius 3 is 1.00 bits per heavy atom. The largest absolute Gasteiger partial charge is 0.456 e. The van der Waals surface area contributed by atoms with E-state index in [1.807, 2.05) is 0 Å². The Morgan fingerprint density at radius 1 is 0.284 bits per heavy atom. The molecule has 0 spiro atoms. The number of hydrogen-bond acceptors (Lipinski definition) is 2. The summed E-state index contributed by atoms with van der Waals surface area (Å²) in [6, 6.07) is 66.1. The third-order valence-electron chi connectivity index (χ3n) is 15.5. The Morgan fingerprint density at radius 2 is 0.595 bits per heavy atom. The van der Waals surface area contributed by atoms with E-state index < -0.39 is 0 Å². The van der Waals surface area contributed by atoms with Crippen LogP contribution < -0.4 is 0 Å². The third-order valence-corrected chi connectivity index (χ3v) is 15.5. The monoisotopic (exact) mass is 976 g/mol. The minimum absolute atomic E-state index is 0.877. The molecule has 0 unspecified atom stereocenters. The highest BCUT2D eigenvalue weighted by Gasteiger charge is 2.21. The first-order valence-electron chi connectivity index (χ1n) is 25.8. The molecule has 0 saturated heterocycles. The van der Waals surface area contributed by atoms with Gasteiger partial charge in [0.25, 0.3) is 0 Å². The third kappa shape index (κ3) is 7.65. The zero-order chi connectivity index (χ0) is 51.3. The van der Waals surface area contributed by atoms with Gasteiger partial charge in [0.1, 0.15) is 11.2 Å². The number of aromatic nitrogens is 2. The molecule has 13 rings (SSSR count). The number of nitrogens with zero attached hydrogens (tertiary/aromatic N) is 2. The number of thiol groups is 1. The highest BCUT2D eigenvalue weighted by molar-refractivity contribution is 7.79. The van der Waals surface area contributed by atoms with Crippen molar-refractivity contribution in [1.82, 2.24) is 9.13 Å². The van der Waals surface area contributed by atoms with Crippen LogP contribution >= 0.6 is 12.6 Å². The van der Waals surface area contributed by atoms with Crippen LogP contribution in [0.25, 0.3) is 121 Å². The summed E-state index contributed by atoms with van der Waals surface area (Å²) in [5.74, 6) is 0. The van der Waals surface area contributed by atoms with Crippen molar-refractivity contribution in [3.05, 3.63) is 226 Å². The zero-order valence-corrected chi connectivity index (χ0v) is 44.9. The van der Waals surface area contributed by atoms with E-state index in [0.29, 0.717) is 0 Å². The molecule has 4 heteroatoms. The molecule has 13 aromatic rings. The summed E-state index contributed by atoms with van der Waals surface area (Å²) in [5, 5.41) is 7.15. The molecule has 0 radical (unpaired) electrons. The smallest absolute Gasteiger partial charge is 0.135 e. The maximum absolute atomic E-state index is 6.63. The van der Waals surface area contributed by atoms with Gasteiger partial charge in [-0.3, -0.25) is 0 Å². The first kappa shape index (κ1) is 47.0. The molecule has 0 bridgehead atoms. The molecule has 0 amide bonds. The maximum atomic E-state index is 6.63. The molecular weight excluding hydrogens is 917 g/mol. The molecule has 0 saturated carbocycles. The minimum Gasteiger partial charge on any atom is -0.456 e. The van der Waals surface area contributed by atoms with E-state index in [-0.39, 0.29) is 0 Å². The van der Waals surface area contributed by atoms with E-state index in [0.717, 1.165) is 38.9 Å². The molecule has 3 nitrogen and oxygen atoms in total. The highest BCUT2D eigenvalue weighted by atomic mass is 32.1. The highest BCUT2D eigenvalue weighted by Crippen LogP contribution is 2.43. The minimum atomic E-state index is 0.877. The average Bonchev–Trinajstić information content (AvgIpc) is 4.05. The van der Waals surface area contributed by atoms with Crippen molar-refractivity contribution in [2.75, 3.05) is 6.26 Å². The lowest BCUT2D eigenvalue weighted by Crippen LogP contribution is -1.94. The van der Waals surface area contributed by atoms with E-state index in [1.54, 1.807) is 6.26 Å². The summed E-state index contributed by atoms with van der Waals surface area (Å²) >= 11 is 3.53. The van der Waals surface area contributed by atoms with Gasteiger partial charge in [-0.15, -0.1) is 0 Å². The van der Waals surface area contributed by atoms with Gasteiger partial charge < -0.3 is 13.6 Å². The summed E-state index contributed by atoms with van der Waals surface area (Å²) in [7, 11) is 0. The van der Waals surface area contributed by atoms with Crippen molar-refractivity contribution in [1.29, 1.82) is 0 Å². The fraction of sp³-hybridized carbons (Fsp3) is 0.143. The summed E-state index contributed by atoms with van der Waals surface area (Å²) in [4.78, 5) is 0. The first-order valence-corrected chi connectivity index (χ1v) is 26.6. The lowest BCUT2D eigenvalue weighted by atomic mass is 9.91. The van der Waals surface area contributed by atoms with Crippen LogP contribution in [0, 0.1) is 62.3 Å². The van der Waals surface area contributed by atoms with Crippen molar-refractivity contribution in [3.63, 3.8) is 0 Å². The lowest BCUT2D eigenvalue weighted by Gasteiger charge is -2.13. The Balaban J connectivity index is 0.00000275. The van der Waals surface area contributed by atoms with Gasteiger partial charge in [-0.05, 0) is 237 Å². The van der Waals surface area contributed by atoms with E-state index >= 15 is 0 Å². The molecule has 10 aromatic carbocycles. The summed E-state index contributed by atoms with van der Waals surface area (Å²) in [6.45, 7) is 20.0. The second-order valence-corrected chi connectivity index (χ2v) is 20.7. The Labute approximate surface area is 439 Å². The van der Waals surface area contributed by atoms with Gasteiger partial charge >= 0.3 is 0 Å². The molecular formula is C70H60N2OS. The van der Waals surface area contributed by atoms with Crippen molar-refractivity contribution < 1.29 is 4.42 Å². The quantitative estimate of drug-likeness (QED) is 0.165. The SMILES string of the molecule is CS.Cc1cc(C)c(-c2ccc3c(c2)c2cc(-c4ccc5oc6ccc(-n7c8ccc(-c9c(C)cc(C)cc9C)cc8c8cc(-c9c(C)cc(C)cc9C)ccc87)cc6c5c4)ccc2n3-c2ccccc2)c(C)c1. The lowest BCUT2D eigenvalue weighted by molar-refractivity contribution is 0.669. The number of hydrogen-bond donors (Lipinski definition) is 1. The standard InChI is InChI=1S/C69H56N2O.CH4S/c1-39-27-42(4)67(43(5)28-39)50-16-22-62-56(35-50)55-33-48(15-21-61(55)70(62)53-13-11-10-12-14-53)49-19-25-65-59(34-49)60-38-54(20-26-66(60)72-65)71-63-23-17-51(68-44(6)29-40(2)30-45(68)7)36-57(63)58-37-52(18-24-64(58)71)69-46(8)31-41(3)32-47(69)9;1-2/h10-38H,1-9H3;2H,1H3. The second kappa shape index (κ2) is 18.2. The van der Waals surface area contributed by atoms with Crippen LogP contribution in [0.3, 0.4) is 0 Å². The van der Waals surface area contributed by atoms with Crippen LogP contribution in [0.5, 0.6) is 0 Å². The molecule has 0 aliphatic rings. The Bertz CT molecular complexity index is 4240. The molecule has 74 heavy (non-hydrogen) atoms. The molecule has 0 aliphatic carbocycles. The number of benzene rings is 10. The molecule has 362 valence electrons. The van der Waals surface area contributed by atoms with Gasteiger partial charge in [-0.2, -0.15) is 12.6 Å². The van der Waals surface area contributed by atoms with E-state index in [9.17, 15) is 0 Å². The average molecular weight is 977 g/mol. The summed E-state index contributed by atoms with van der Waals surface area (Å²) in [6.07, 6.45) is 1.69. The molecule has 0 N–H and O–H groups in total. The Kier molecular flexibility index (Phi) is 11.5. The van der Waals surface area contributed by atoms with Crippen molar-refractivity contribution in [2.45, 2.75) is 62.3 Å². The summed E-state index contributed by atoms with van der Waals surface area (Å²) < 4.78 is 11.5. The topological polar surface area (TPSA) is 23.0 Å². The normalized spacial score (nSPS) is 11.7. The van der Waals surface area contributed by atoms with Gasteiger partial charge in [0.2, 0.25) is 0 Å². The molecule has 0 aliphatic heterocycles. The Hall–Kier alpha value is -8.05. The number of aryl methyl sites for hydroxylation is 9. The van der Waals surface area contributed by atoms with Crippen LogP contribution in [-0.2, 0) is 0 Å². The predicted octanol–water partition coefficient (Wildman–Crippen LogP) is 19.8. The van der Waals surface area contributed by atoms with Gasteiger partial charge in [0, 0.05) is 43.7 Å². The van der Waals surface area contributed by atoms with Crippen molar-refractivity contribution in [3.8, 4) is 55.9 Å². The van der Waals surface area contributed by atoms with E-state index in [1.165, 1.54) is 133 Å². The molecule has 3 heterocycles. The zero-order valence-electron chi connectivity index (χ0n) is 44.0. The van der Waals surface area contributed by atoms with E-state index in [4.69, 9.17) is 4.42 Å². The number of rotatable bonds is 6. The fourth-order valence-corrected chi connectivity index (χ4v) is 12.8. The predicted molar refractivity (Wildman–Crippen MR) is 322 cm³/mol. The van der Waals surface area contributed by atoms with Crippen molar-refractivity contribution >= 4 is 78.2 Å². The van der Waals surface area contributed by atoms with Gasteiger partial charge in [-0.25, -0.2) is 0 Å². The van der Waals surface area contributed by atoms with Gasteiger partial charge in [0.15, 0.2) is 0 Å². The van der Waals surface area contributed by atoms with Crippen LogP contribution in [0.2, 0.25) is 0 Å².